The number of rotatable bonds is 16. The Kier molecular flexibility index (Phi) is 16.7. The van der Waals surface area contributed by atoms with E-state index in [-0.39, 0.29) is 0 Å². The van der Waals surface area contributed by atoms with E-state index in [0.29, 0.717) is 0 Å². The topological polar surface area (TPSA) is 9.23 Å². The van der Waals surface area contributed by atoms with Gasteiger partial charge >= 0.3 is 0 Å². The van der Waals surface area contributed by atoms with Crippen LogP contribution in [0.2, 0.25) is 0 Å². The Morgan fingerprint density at radius 1 is 0.762 bits per heavy atom. The van der Waals surface area contributed by atoms with Gasteiger partial charge in [-0.05, 0) is 32.1 Å². The summed E-state index contributed by atoms with van der Waals surface area (Å²) < 4.78 is 5.07. The molecule has 0 saturated carbocycles. The van der Waals surface area contributed by atoms with Crippen molar-refractivity contribution in [1.29, 1.82) is 0 Å². The van der Waals surface area contributed by atoms with Gasteiger partial charge in [-0.15, -0.1) is 0 Å². The van der Waals surface area contributed by atoms with Crippen molar-refractivity contribution in [2.24, 2.45) is 0 Å². The lowest BCUT2D eigenvalue weighted by Gasteiger charge is -2.03. The second-order valence-electron chi connectivity index (χ2n) is 6.08. The Labute approximate surface area is 133 Å². The highest BCUT2D eigenvalue weighted by atomic mass is 16.5. The predicted octanol–water partition coefficient (Wildman–Crippen LogP) is 7.18. The lowest BCUT2D eigenvalue weighted by molar-refractivity contribution is 0.276. The quantitative estimate of drug-likeness (QED) is 0.166. The van der Waals surface area contributed by atoms with Crippen molar-refractivity contribution in [2.75, 3.05) is 7.11 Å². The van der Waals surface area contributed by atoms with Gasteiger partial charge in [0.15, 0.2) is 0 Å². The van der Waals surface area contributed by atoms with Crippen molar-refractivity contribution in [3.8, 4) is 0 Å². The molecule has 0 aliphatic rings. The molecule has 21 heavy (non-hydrogen) atoms. The number of ether oxygens (including phenoxy) is 1. The summed E-state index contributed by atoms with van der Waals surface area (Å²) in [5.74, 6) is 0.924. The summed E-state index contributed by atoms with van der Waals surface area (Å²) in [4.78, 5) is 0. The maximum absolute atomic E-state index is 5.07. The molecule has 0 radical (unpaired) electrons. The van der Waals surface area contributed by atoms with E-state index >= 15 is 0 Å². The molecule has 0 amide bonds. The third kappa shape index (κ3) is 17.2. The van der Waals surface area contributed by atoms with Crippen molar-refractivity contribution in [2.45, 2.75) is 96.8 Å². The molecule has 1 heteroatoms. The summed E-state index contributed by atoms with van der Waals surface area (Å²) in [7, 11) is 1.71. The lowest BCUT2D eigenvalue weighted by Crippen LogP contribution is -1.85. The molecule has 0 aromatic carbocycles. The molecular weight excluding hydrogens is 256 g/mol. The van der Waals surface area contributed by atoms with Crippen molar-refractivity contribution in [3.05, 3.63) is 24.5 Å². The SMILES string of the molecule is C=C(CCCCCCCC=CCCCCCCCC)OC. The molecule has 0 N–H and O–H groups in total. The van der Waals surface area contributed by atoms with Crippen LogP contribution in [0.25, 0.3) is 0 Å². The van der Waals surface area contributed by atoms with Crippen molar-refractivity contribution >= 4 is 0 Å². The van der Waals surface area contributed by atoms with Gasteiger partial charge in [-0.3, -0.25) is 0 Å². The Morgan fingerprint density at radius 3 is 1.76 bits per heavy atom. The van der Waals surface area contributed by atoms with E-state index in [4.69, 9.17) is 4.74 Å². The molecule has 0 aromatic rings. The number of methoxy groups -OCH3 is 1. The first-order valence-electron chi connectivity index (χ1n) is 9.18. The van der Waals surface area contributed by atoms with Crippen molar-refractivity contribution in [1.82, 2.24) is 0 Å². The van der Waals surface area contributed by atoms with Gasteiger partial charge in [-0.2, -0.15) is 0 Å². The maximum Gasteiger partial charge on any atom is 0.0883 e. The molecule has 0 fully saturated rings. The van der Waals surface area contributed by atoms with Gasteiger partial charge in [-0.1, -0.05) is 77.0 Å². The summed E-state index contributed by atoms with van der Waals surface area (Å²) in [6.45, 7) is 6.12. The lowest BCUT2D eigenvalue weighted by atomic mass is 10.1. The highest BCUT2D eigenvalue weighted by molar-refractivity contribution is 4.82. The van der Waals surface area contributed by atoms with Crippen LogP contribution in [0.5, 0.6) is 0 Å². The van der Waals surface area contributed by atoms with Gasteiger partial charge in [-0.25, -0.2) is 0 Å². The minimum absolute atomic E-state index is 0.924. The van der Waals surface area contributed by atoms with Crippen LogP contribution in [-0.2, 0) is 4.74 Å². The summed E-state index contributed by atoms with van der Waals surface area (Å²) in [6.07, 6.45) is 23.3. The molecule has 124 valence electrons. The van der Waals surface area contributed by atoms with Crippen molar-refractivity contribution in [3.63, 3.8) is 0 Å². The number of hydrogen-bond donors (Lipinski definition) is 0. The Bertz CT molecular complexity index is 242. The van der Waals surface area contributed by atoms with Crippen LogP contribution in [0.3, 0.4) is 0 Å². The fraction of sp³-hybridized carbons (Fsp3) is 0.800. The molecule has 0 heterocycles. The largest absolute Gasteiger partial charge is 0.502 e. The first-order valence-corrected chi connectivity index (χ1v) is 9.18. The molecule has 0 rings (SSSR count). The Balaban J connectivity index is 3.10. The molecule has 0 aliphatic carbocycles. The molecule has 0 atom stereocenters. The van der Waals surface area contributed by atoms with Gasteiger partial charge < -0.3 is 4.74 Å². The van der Waals surface area contributed by atoms with E-state index in [1.54, 1.807) is 7.11 Å². The Morgan fingerprint density at radius 2 is 1.24 bits per heavy atom. The van der Waals surface area contributed by atoms with Crippen molar-refractivity contribution < 1.29 is 4.74 Å². The van der Waals surface area contributed by atoms with Gasteiger partial charge in [0, 0.05) is 6.42 Å². The molecule has 0 bridgehead atoms. The molecule has 0 unspecified atom stereocenters. The average Bonchev–Trinajstić information content (AvgIpc) is 2.50. The monoisotopic (exact) mass is 294 g/mol. The zero-order valence-electron chi connectivity index (χ0n) is 14.7. The van der Waals surface area contributed by atoms with Crippen LogP contribution in [0.1, 0.15) is 96.8 Å². The van der Waals surface area contributed by atoms with Gasteiger partial charge in [0.25, 0.3) is 0 Å². The summed E-state index contributed by atoms with van der Waals surface area (Å²) in [5.41, 5.74) is 0. The molecule has 0 aromatic heterocycles. The molecular formula is C20H38O. The normalized spacial score (nSPS) is 11.1. The van der Waals surface area contributed by atoms with E-state index in [2.05, 4.69) is 25.7 Å². The average molecular weight is 295 g/mol. The fourth-order valence-electron chi connectivity index (χ4n) is 2.49. The highest BCUT2D eigenvalue weighted by Gasteiger charge is 1.93. The predicted molar refractivity (Wildman–Crippen MR) is 95.6 cm³/mol. The minimum Gasteiger partial charge on any atom is -0.502 e. The van der Waals surface area contributed by atoms with Crippen LogP contribution in [0, 0.1) is 0 Å². The smallest absolute Gasteiger partial charge is 0.0883 e. The maximum atomic E-state index is 5.07. The minimum atomic E-state index is 0.924. The van der Waals surface area contributed by atoms with Crippen LogP contribution >= 0.6 is 0 Å². The standard InChI is InChI=1S/C20H38O/c1-4-5-6-7-8-9-10-11-12-13-14-15-16-17-18-19-20(2)21-3/h11-12H,2,4-10,13-19H2,1,3H3. The van der Waals surface area contributed by atoms with E-state index < -0.39 is 0 Å². The second kappa shape index (κ2) is 17.3. The Hall–Kier alpha value is -0.720. The van der Waals surface area contributed by atoms with Crippen LogP contribution in [-0.4, -0.2) is 7.11 Å². The summed E-state index contributed by atoms with van der Waals surface area (Å²) in [6, 6.07) is 0. The van der Waals surface area contributed by atoms with Crippen LogP contribution < -0.4 is 0 Å². The number of hydrogen-bond acceptors (Lipinski definition) is 1. The van der Waals surface area contributed by atoms with E-state index in [0.717, 1.165) is 12.2 Å². The zero-order chi connectivity index (χ0) is 15.6. The second-order valence-corrected chi connectivity index (χ2v) is 6.08. The van der Waals surface area contributed by atoms with E-state index in [9.17, 15) is 0 Å². The molecule has 0 saturated heterocycles. The molecule has 0 aliphatic heterocycles. The zero-order valence-corrected chi connectivity index (χ0v) is 14.7. The van der Waals surface area contributed by atoms with Gasteiger partial charge in [0.05, 0.1) is 12.9 Å². The molecule has 0 spiro atoms. The fourth-order valence-corrected chi connectivity index (χ4v) is 2.49. The van der Waals surface area contributed by atoms with E-state index in [1.165, 1.54) is 83.5 Å². The van der Waals surface area contributed by atoms with Gasteiger partial charge in [0.1, 0.15) is 0 Å². The van der Waals surface area contributed by atoms with E-state index in [1.807, 2.05) is 0 Å². The molecule has 1 nitrogen and oxygen atoms in total. The summed E-state index contributed by atoms with van der Waals surface area (Å²) >= 11 is 0. The van der Waals surface area contributed by atoms with Crippen LogP contribution in [0.15, 0.2) is 24.5 Å². The van der Waals surface area contributed by atoms with Gasteiger partial charge in [0.2, 0.25) is 0 Å². The third-order valence-electron chi connectivity index (χ3n) is 4.01. The number of unbranched alkanes of at least 4 members (excludes halogenated alkanes) is 11. The van der Waals surface area contributed by atoms with Crippen LogP contribution in [0.4, 0.5) is 0 Å². The first kappa shape index (κ1) is 20.3. The number of allylic oxidation sites excluding steroid dienone is 3. The first-order chi connectivity index (χ1) is 10.3. The highest BCUT2D eigenvalue weighted by Crippen LogP contribution is 2.11. The summed E-state index contributed by atoms with van der Waals surface area (Å²) in [5, 5.41) is 0. The third-order valence-corrected chi connectivity index (χ3v) is 4.01.